The lowest BCUT2D eigenvalue weighted by atomic mass is 10.0. The molecule has 1 aliphatic rings. The van der Waals surface area contributed by atoms with Crippen LogP contribution < -0.4 is 10.2 Å². The Kier molecular flexibility index (Phi) is 3.27. The smallest absolute Gasteiger partial charge is 0.323 e. The number of benzene rings is 1. The van der Waals surface area contributed by atoms with Crippen LogP contribution in [-0.2, 0) is 11.0 Å². The van der Waals surface area contributed by atoms with Gasteiger partial charge in [-0.05, 0) is 51.0 Å². The lowest BCUT2D eigenvalue weighted by Gasteiger charge is -2.20. The summed E-state index contributed by atoms with van der Waals surface area (Å²) in [6.07, 6.45) is -4.54. The molecule has 1 heterocycles. The van der Waals surface area contributed by atoms with Gasteiger partial charge in [-0.2, -0.15) is 13.2 Å². The highest BCUT2D eigenvalue weighted by atomic mass is 19.4. The fourth-order valence-electron chi connectivity index (χ4n) is 2.25. The van der Waals surface area contributed by atoms with Crippen molar-refractivity contribution in [3.63, 3.8) is 0 Å². The van der Waals surface area contributed by atoms with E-state index in [0.29, 0.717) is 5.56 Å². The van der Waals surface area contributed by atoms with Crippen LogP contribution >= 0.6 is 0 Å². The molecule has 7 heteroatoms. The second-order valence-electron chi connectivity index (χ2n) is 5.63. The number of urea groups is 1. The maximum absolute atomic E-state index is 13.0. The van der Waals surface area contributed by atoms with E-state index >= 15 is 0 Å². The number of nitrogens with zero attached hydrogens (tertiary/aromatic N) is 1. The van der Waals surface area contributed by atoms with Crippen LogP contribution in [0.25, 0.3) is 0 Å². The Morgan fingerprint density at radius 2 is 1.71 bits per heavy atom. The highest BCUT2D eigenvalue weighted by Crippen LogP contribution is 2.37. The van der Waals surface area contributed by atoms with Crippen LogP contribution in [0.2, 0.25) is 0 Å². The third-order valence-electron chi connectivity index (χ3n) is 3.58. The predicted octanol–water partition coefficient (Wildman–Crippen LogP) is 3.16. The average Bonchev–Trinajstić information content (AvgIpc) is 2.50. The number of hydrogen-bond donors (Lipinski definition) is 1. The summed E-state index contributed by atoms with van der Waals surface area (Å²) in [6, 6.07) is 1.52. The van der Waals surface area contributed by atoms with Gasteiger partial charge in [0.05, 0.1) is 11.3 Å². The van der Waals surface area contributed by atoms with Crippen LogP contribution in [0.3, 0.4) is 0 Å². The van der Waals surface area contributed by atoms with Crippen LogP contribution in [0.4, 0.5) is 23.7 Å². The van der Waals surface area contributed by atoms with E-state index < -0.39 is 29.2 Å². The molecule has 1 aromatic rings. The van der Waals surface area contributed by atoms with Gasteiger partial charge < -0.3 is 5.32 Å². The molecule has 114 valence electrons. The van der Waals surface area contributed by atoms with Crippen LogP contribution in [0.1, 0.15) is 30.5 Å². The van der Waals surface area contributed by atoms with Gasteiger partial charge in [0, 0.05) is 0 Å². The zero-order valence-electron chi connectivity index (χ0n) is 12.1. The lowest BCUT2D eigenvalue weighted by Crippen LogP contribution is -2.40. The Hall–Kier alpha value is -2.05. The highest BCUT2D eigenvalue weighted by Gasteiger charge is 2.46. The Morgan fingerprint density at radius 3 is 2.14 bits per heavy atom. The van der Waals surface area contributed by atoms with Gasteiger partial charge in [-0.3, -0.25) is 4.79 Å². The van der Waals surface area contributed by atoms with Gasteiger partial charge in [-0.15, -0.1) is 0 Å². The summed E-state index contributed by atoms with van der Waals surface area (Å²) in [5, 5.41) is 2.44. The molecule has 0 bridgehead atoms. The molecule has 0 saturated carbocycles. The van der Waals surface area contributed by atoms with E-state index in [9.17, 15) is 22.8 Å². The number of anilines is 1. The summed E-state index contributed by atoms with van der Waals surface area (Å²) in [7, 11) is 0. The Morgan fingerprint density at radius 1 is 1.14 bits per heavy atom. The standard InChI is InChI=1S/C14H15F3N2O2/c1-7-5-9(6-10(8(7)2)14(15,16)17)19-11(20)13(3,4)18-12(19)21/h5-6H,1-4H3,(H,18,21). The van der Waals surface area contributed by atoms with Gasteiger partial charge in [-0.25, -0.2) is 9.69 Å². The molecule has 4 nitrogen and oxygen atoms in total. The molecule has 0 unspecified atom stereocenters. The summed E-state index contributed by atoms with van der Waals surface area (Å²) in [4.78, 5) is 24.8. The average molecular weight is 300 g/mol. The van der Waals surface area contributed by atoms with Crippen LogP contribution in [0, 0.1) is 13.8 Å². The first-order valence-corrected chi connectivity index (χ1v) is 6.30. The fraction of sp³-hybridized carbons (Fsp3) is 0.429. The van der Waals surface area contributed by atoms with Gasteiger partial charge in [0.25, 0.3) is 5.91 Å². The van der Waals surface area contributed by atoms with Crippen LogP contribution in [0.5, 0.6) is 0 Å². The molecule has 21 heavy (non-hydrogen) atoms. The molecule has 3 amide bonds. The van der Waals surface area contributed by atoms with Crippen molar-refractivity contribution in [3.05, 3.63) is 28.8 Å². The topological polar surface area (TPSA) is 49.4 Å². The second kappa shape index (κ2) is 4.47. The number of hydrogen-bond acceptors (Lipinski definition) is 2. The molecule has 1 fully saturated rings. The molecule has 1 N–H and O–H groups in total. The van der Waals surface area contributed by atoms with E-state index in [1.165, 1.54) is 33.8 Å². The van der Waals surface area contributed by atoms with Gasteiger partial charge in [0.2, 0.25) is 0 Å². The van der Waals surface area contributed by atoms with Crippen molar-refractivity contribution in [2.45, 2.75) is 39.4 Å². The van der Waals surface area contributed by atoms with Crippen molar-refractivity contribution < 1.29 is 22.8 Å². The Balaban J connectivity index is 2.59. The Bertz CT molecular complexity index is 636. The molecule has 0 radical (unpaired) electrons. The van der Waals surface area contributed by atoms with Crippen molar-refractivity contribution in [2.75, 3.05) is 4.90 Å². The van der Waals surface area contributed by atoms with Crippen molar-refractivity contribution in [1.82, 2.24) is 5.32 Å². The van der Waals surface area contributed by atoms with Crippen molar-refractivity contribution >= 4 is 17.6 Å². The maximum atomic E-state index is 13.0. The largest absolute Gasteiger partial charge is 0.416 e. The summed E-state index contributed by atoms with van der Waals surface area (Å²) in [5.41, 5.74) is -1.60. The molecular weight excluding hydrogens is 285 g/mol. The van der Waals surface area contributed by atoms with Crippen LogP contribution in [0.15, 0.2) is 12.1 Å². The number of halogens is 3. The molecule has 2 rings (SSSR count). The normalized spacial score (nSPS) is 18.1. The lowest BCUT2D eigenvalue weighted by molar-refractivity contribution is -0.138. The first kappa shape index (κ1) is 15.3. The molecule has 1 aromatic carbocycles. The third kappa shape index (κ3) is 2.48. The number of amides is 3. The van der Waals surface area contributed by atoms with Crippen molar-refractivity contribution in [2.24, 2.45) is 0 Å². The summed E-state index contributed by atoms with van der Waals surface area (Å²) >= 11 is 0. The van der Waals surface area contributed by atoms with Gasteiger partial charge in [0.15, 0.2) is 0 Å². The maximum Gasteiger partial charge on any atom is 0.416 e. The monoisotopic (exact) mass is 300 g/mol. The summed E-state index contributed by atoms with van der Waals surface area (Å²) < 4.78 is 39.1. The van der Waals surface area contributed by atoms with Gasteiger partial charge in [0.1, 0.15) is 5.54 Å². The van der Waals surface area contributed by atoms with E-state index in [-0.39, 0.29) is 11.3 Å². The zero-order valence-corrected chi connectivity index (χ0v) is 12.1. The number of carbonyl (C=O) groups excluding carboxylic acids is 2. The molecule has 0 aliphatic carbocycles. The summed E-state index contributed by atoms with van der Waals surface area (Å²) in [6.45, 7) is 5.87. The van der Waals surface area contributed by atoms with Crippen LogP contribution in [-0.4, -0.2) is 17.5 Å². The summed E-state index contributed by atoms with van der Waals surface area (Å²) in [5.74, 6) is -0.580. The number of alkyl halides is 3. The molecule has 0 aromatic heterocycles. The number of carbonyl (C=O) groups is 2. The number of nitrogens with one attached hydrogen (secondary N) is 1. The first-order chi connectivity index (χ1) is 9.45. The number of rotatable bonds is 1. The Labute approximate surface area is 119 Å². The SMILES string of the molecule is Cc1cc(N2C(=O)NC(C)(C)C2=O)cc(C(F)(F)F)c1C. The quantitative estimate of drug-likeness (QED) is 0.810. The molecule has 0 atom stereocenters. The minimum absolute atomic E-state index is 0.0708. The first-order valence-electron chi connectivity index (χ1n) is 6.30. The zero-order chi connectivity index (χ0) is 16.2. The number of imide groups is 1. The highest BCUT2D eigenvalue weighted by molar-refractivity contribution is 6.23. The fourth-order valence-corrected chi connectivity index (χ4v) is 2.25. The predicted molar refractivity (Wildman–Crippen MR) is 71.0 cm³/mol. The second-order valence-corrected chi connectivity index (χ2v) is 5.63. The molecule has 0 spiro atoms. The third-order valence-corrected chi connectivity index (χ3v) is 3.58. The van der Waals surface area contributed by atoms with Gasteiger partial charge >= 0.3 is 12.2 Å². The molecular formula is C14H15F3N2O2. The van der Waals surface area contributed by atoms with E-state index in [4.69, 9.17) is 0 Å². The number of aryl methyl sites for hydroxylation is 1. The molecule has 1 saturated heterocycles. The van der Waals surface area contributed by atoms with E-state index in [0.717, 1.165) is 11.0 Å². The van der Waals surface area contributed by atoms with Crippen molar-refractivity contribution in [1.29, 1.82) is 0 Å². The van der Waals surface area contributed by atoms with E-state index in [2.05, 4.69) is 5.32 Å². The van der Waals surface area contributed by atoms with E-state index in [1.54, 1.807) is 0 Å². The molecule has 1 aliphatic heterocycles. The van der Waals surface area contributed by atoms with Crippen molar-refractivity contribution in [3.8, 4) is 0 Å². The minimum atomic E-state index is -4.54. The van der Waals surface area contributed by atoms with E-state index in [1.807, 2.05) is 0 Å². The van der Waals surface area contributed by atoms with Gasteiger partial charge in [-0.1, -0.05) is 0 Å². The minimum Gasteiger partial charge on any atom is -0.323 e.